The number of ether oxygens (including phenoxy) is 1. The molecule has 0 spiro atoms. The minimum Gasteiger partial charge on any atom is -0.294 e. The molecule has 11 heavy (non-hydrogen) atoms. The van der Waals surface area contributed by atoms with Crippen molar-refractivity contribution in [2.45, 2.75) is 24.8 Å². The summed E-state index contributed by atoms with van der Waals surface area (Å²) >= 11 is 4.77. The molecule has 0 bridgehead atoms. The molecule has 0 aliphatic heterocycles. The van der Waals surface area contributed by atoms with Crippen molar-refractivity contribution < 1.29 is 26.7 Å². The van der Waals surface area contributed by atoms with E-state index in [0.717, 1.165) is 6.92 Å². The fourth-order valence-corrected chi connectivity index (χ4v) is 0.383. The van der Waals surface area contributed by atoms with E-state index in [9.17, 15) is 22.0 Å². The lowest BCUT2D eigenvalue weighted by molar-refractivity contribution is -0.394. The van der Waals surface area contributed by atoms with Gasteiger partial charge in [-0.25, -0.2) is 0 Å². The molecule has 0 saturated carbocycles. The molecule has 0 saturated heterocycles. The zero-order valence-electron chi connectivity index (χ0n) is 5.25. The number of rotatable bonds is 2. The van der Waals surface area contributed by atoms with Crippen LogP contribution in [0, 0.1) is 0 Å². The Bertz CT molecular complexity index is 131. The number of halogens is 6. The van der Waals surface area contributed by atoms with Gasteiger partial charge in [-0.2, -0.15) is 22.0 Å². The molecule has 0 fully saturated rings. The van der Waals surface area contributed by atoms with Gasteiger partial charge in [-0.3, -0.25) is 4.74 Å². The Morgan fingerprint density at radius 1 is 1.18 bits per heavy atom. The third kappa shape index (κ3) is 3.20. The number of hydrogen-bond donors (Lipinski definition) is 0. The normalized spacial score (nSPS) is 16.6. The first-order valence-corrected chi connectivity index (χ1v) is 2.87. The fourth-order valence-electron chi connectivity index (χ4n) is 0.271. The van der Waals surface area contributed by atoms with E-state index >= 15 is 0 Å². The van der Waals surface area contributed by atoms with Crippen LogP contribution in [0.2, 0.25) is 0 Å². The summed E-state index contributed by atoms with van der Waals surface area (Å²) in [5.41, 5.74) is -1.69. The second-order valence-corrected chi connectivity index (χ2v) is 2.29. The SMILES string of the molecule is CC(Cl)OC(F)(F)C(F)(F)F. The van der Waals surface area contributed by atoms with Crippen molar-refractivity contribution in [3.8, 4) is 0 Å². The van der Waals surface area contributed by atoms with Crippen LogP contribution in [0.15, 0.2) is 0 Å². The van der Waals surface area contributed by atoms with Crippen LogP contribution in [0.5, 0.6) is 0 Å². The van der Waals surface area contributed by atoms with Crippen molar-refractivity contribution in [1.82, 2.24) is 0 Å². The molecule has 0 aromatic carbocycles. The van der Waals surface area contributed by atoms with Gasteiger partial charge < -0.3 is 0 Å². The Labute approximate surface area is 64.1 Å². The molecular formula is C4H4ClF5O. The van der Waals surface area contributed by atoms with Crippen molar-refractivity contribution in [3.05, 3.63) is 0 Å². The maximum atomic E-state index is 11.7. The van der Waals surface area contributed by atoms with E-state index in [0.29, 0.717) is 0 Å². The maximum absolute atomic E-state index is 11.7. The molecule has 0 N–H and O–H groups in total. The van der Waals surface area contributed by atoms with Crippen LogP contribution in [-0.4, -0.2) is 17.8 Å². The van der Waals surface area contributed by atoms with Crippen LogP contribution in [0.1, 0.15) is 6.92 Å². The lowest BCUT2D eigenvalue weighted by Gasteiger charge is -2.20. The average Bonchev–Trinajstić information content (AvgIpc) is 1.56. The Kier molecular flexibility index (Phi) is 3.07. The summed E-state index contributed by atoms with van der Waals surface area (Å²) in [6.07, 6.45) is -10.9. The molecule has 1 unspecified atom stereocenters. The van der Waals surface area contributed by atoms with E-state index < -0.39 is 17.8 Å². The summed E-state index contributed by atoms with van der Waals surface area (Å²) in [4.78, 5) is 0. The summed E-state index contributed by atoms with van der Waals surface area (Å²) in [5.74, 6) is 0. The van der Waals surface area contributed by atoms with E-state index in [-0.39, 0.29) is 0 Å². The lowest BCUT2D eigenvalue weighted by Crippen LogP contribution is -2.40. The van der Waals surface area contributed by atoms with Crippen LogP contribution >= 0.6 is 11.6 Å². The molecule has 0 aromatic rings. The Morgan fingerprint density at radius 2 is 1.55 bits per heavy atom. The van der Waals surface area contributed by atoms with E-state index in [1.54, 1.807) is 0 Å². The molecule has 1 nitrogen and oxygen atoms in total. The van der Waals surface area contributed by atoms with E-state index in [1.165, 1.54) is 0 Å². The van der Waals surface area contributed by atoms with Gasteiger partial charge in [0.25, 0.3) is 0 Å². The van der Waals surface area contributed by atoms with Gasteiger partial charge in [0.2, 0.25) is 0 Å². The molecule has 0 aliphatic rings. The molecular weight excluding hydrogens is 194 g/mol. The number of hydrogen-bond acceptors (Lipinski definition) is 1. The summed E-state index contributed by atoms with van der Waals surface area (Å²) in [6.45, 7) is 0.862. The van der Waals surface area contributed by atoms with Gasteiger partial charge in [0.15, 0.2) is 0 Å². The van der Waals surface area contributed by atoms with Gasteiger partial charge in [0.1, 0.15) is 5.56 Å². The molecule has 68 valence electrons. The predicted octanol–water partition coefficient (Wildman–Crippen LogP) is 2.74. The van der Waals surface area contributed by atoms with Crippen LogP contribution in [-0.2, 0) is 4.74 Å². The molecule has 7 heteroatoms. The highest BCUT2D eigenvalue weighted by atomic mass is 35.5. The maximum Gasteiger partial charge on any atom is 0.483 e. The van der Waals surface area contributed by atoms with Crippen LogP contribution in [0.4, 0.5) is 22.0 Å². The monoisotopic (exact) mass is 198 g/mol. The summed E-state index contributed by atoms with van der Waals surface area (Å²) < 4.78 is 60.4. The van der Waals surface area contributed by atoms with Gasteiger partial charge in [-0.15, -0.1) is 0 Å². The molecule has 0 rings (SSSR count). The van der Waals surface area contributed by atoms with Crippen molar-refractivity contribution in [2.75, 3.05) is 0 Å². The smallest absolute Gasteiger partial charge is 0.294 e. The third-order valence-corrected chi connectivity index (χ3v) is 0.730. The first-order chi connectivity index (χ1) is 4.67. The molecule has 0 amide bonds. The third-order valence-electron chi connectivity index (χ3n) is 0.640. The number of alkyl halides is 6. The van der Waals surface area contributed by atoms with Crippen molar-refractivity contribution in [3.63, 3.8) is 0 Å². The van der Waals surface area contributed by atoms with Gasteiger partial charge in [0.05, 0.1) is 0 Å². The van der Waals surface area contributed by atoms with Gasteiger partial charge >= 0.3 is 12.3 Å². The second-order valence-electron chi connectivity index (χ2n) is 1.68. The zero-order chi connectivity index (χ0) is 9.28. The minimum absolute atomic E-state index is 0.862. The van der Waals surface area contributed by atoms with Crippen LogP contribution < -0.4 is 0 Å². The lowest BCUT2D eigenvalue weighted by atomic mass is 10.6. The standard InChI is InChI=1S/C4H4ClF5O/c1-2(5)11-4(9,10)3(6,7)8/h2H,1H3. The summed E-state index contributed by atoms with van der Waals surface area (Å²) in [5, 5.41) is 0. The first-order valence-electron chi connectivity index (χ1n) is 2.43. The molecule has 0 aliphatic carbocycles. The van der Waals surface area contributed by atoms with Crippen LogP contribution in [0.3, 0.4) is 0 Å². The summed E-state index contributed by atoms with van der Waals surface area (Å²) in [7, 11) is 0. The van der Waals surface area contributed by atoms with E-state index in [2.05, 4.69) is 4.74 Å². The first kappa shape index (κ1) is 10.9. The van der Waals surface area contributed by atoms with Crippen LogP contribution in [0.25, 0.3) is 0 Å². The Hall–Kier alpha value is -0.100. The molecule has 0 radical (unpaired) electrons. The van der Waals surface area contributed by atoms with Gasteiger partial charge in [0, 0.05) is 0 Å². The van der Waals surface area contributed by atoms with Crippen molar-refractivity contribution in [1.29, 1.82) is 0 Å². The largest absolute Gasteiger partial charge is 0.483 e. The van der Waals surface area contributed by atoms with Crippen molar-refractivity contribution in [2.24, 2.45) is 0 Å². The predicted molar refractivity (Wildman–Crippen MR) is 27.4 cm³/mol. The average molecular weight is 199 g/mol. The highest BCUT2D eigenvalue weighted by molar-refractivity contribution is 6.19. The quantitative estimate of drug-likeness (QED) is 0.490. The fraction of sp³-hybridized carbons (Fsp3) is 1.00. The van der Waals surface area contributed by atoms with Gasteiger partial charge in [-0.1, -0.05) is 11.6 Å². The Balaban J connectivity index is 4.22. The van der Waals surface area contributed by atoms with Gasteiger partial charge in [-0.05, 0) is 6.92 Å². The molecule has 0 heterocycles. The Morgan fingerprint density at radius 3 is 1.64 bits per heavy atom. The minimum atomic E-state index is -5.71. The van der Waals surface area contributed by atoms with E-state index in [1.807, 2.05) is 0 Å². The van der Waals surface area contributed by atoms with Crippen molar-refractivity contribution >= 4 is 11.6 Å². The summed E-state index contributed by atoms with van der Waals surface area (Å²) in [6, 6.07) is 0. The highest BCUT2D eigenvalue weighted by Gasteiger charge is 2.60. The zero-order valence-corrected chi connectivity index (χ0v) is 6.01. The second kappa shape index (κ2) is 3.10. The van der Waals surface area contributed by atoms with E-state index in [4.69, 9.17) is 11.6 Å². The molecule has 1 atom stereocenters. The topological polar surface area (TPSA) is 9.23 Å². The highest BCUT2D eigenvalue weighted by Crippen LogP contribution is 2.37. The molecule has 0 aromatic heterocycles.